The second kappa shape index (κ2) is 11.4. The summed E-state index contributed by atoms with van der Waals surface area (Å²) < 4.78 is 16.4. The summed E-state index contributed by atoms with van der Waals surface area (Å²) in [4.78, 5) is 14.7. The molecule has 3 rings (SSSR count). The van der Waals surface area contributed by atoms with Gasteiger partial charge in [-0.15, -0.1) is 0 Å². The van der Waals surface area contributed by atoms with Gasteiger partial charge in [-0.2, -0.15) is 10.4 Å². The predicted octanol–water partition coefficient (Wildman–Crippen LogP) is 4.35. The van der Waals surface area contributed by atoms with Crippen LogP contribution in [0.1, 0.15) is 27.9 Å². The Kier molecular flexibility index (Phi) is 8.10. The smallest absolute Gasteiger partial charge is 0.269 e. The van der Waals surface area contributed by atoms with Crippen LogP contribution in [-0.2, 0) is 18.0 Å². The lowest BCUT2D eigenvalue weighted by Crippen LogP contribution is -2.03. The molecule has 10 nitrogen and oxygen atoms in total. The van der Waals surface area contributed by atoms with Gasteiger partial charge in [-0.05, 0) is 54.4 Å². The van der Waals surface area contributed by atoms with E-state index in [9.17, 15) is 15.4 Å². The molecule has 0 atom stereocenters. The number of nitriles is 1. The lowest BCUT2D eigenvalue weighted by molar-refractivity contribution is -0.384. The van der Waals surface area contributed by atoms with Crippen molar-refractivity contribution in [2.45, 2.75) is 20.1 Å². The van der Waals surface area contributed by atoms with Gasteiger partial charge in [0.15, 0.2) is 17.3 Å². The third-order valence-corrected chi connectivity index (χ3v) is 4.75. The Labute approximate surface area is 196 Å². The van der Waals surface area contributed by atoms with E-state index >= 15 is 0 Å². The first-order valence-corrected chi connectivity index (χ1v) is 10.2. The van der Waals surface area contributed by atoms with E-state index in [1.807, 2.05) is 6.92 Å². The van der Waals surface area contributed by atoms with Crippen LogP contribution in [-0.4, -0.2) is 30.3 Å². The summed E-state index contributed by atoms with van der Waals surface area (Å²) in [6, 6.07) is 15.4. The van der Waals surface area contributed by atoms with Gasteiger partial charge in [0, 0.05) is 30.5 Å². The lowest BCUT2D eigenvalue weighted by atomic mass is 10.1. The largest absolute Gasteiger partial charge is 0.493 e. The van der Waals surface area contributed by atoms with Gasteiger partial charge in [0.2, 0.25) is 0 Å². The number of rotatable bonds is 10. The molecule has 10 heteroatoms. The van der Waals surface area contributed by atoms with Crippen LogP contribution in [0.2, 0.25) is 0 Å². The number of nitro groups is 1. The maximum absolute atomic E-state index is 10.8. The van der Waals surface area contributed by atoms with Crippen LogP contribution in [0.5, 0.6) is 11.5 Å². The molecular formula is C24H23N5O5. The fraction of sp³-hybridized carbons (Fsp3) is 0.208. The molecule has 174 valence electrons. The topological polar surface area (TPSA) is 132 Å². The summed E-state index contributed by atoms with van der Waals surface area (Å²) in [5.41, 5.74) is 6.20. The Morgan fingerprint density at radius 1 is 1.15 bits per heavy atom. The number of hydrazone groups is 1. The van der Waals surface area contributed by atoms with Gasteiger partial charge in [-0.1, -0.05) is 0 Å². The highest BCUT2D eigenvalue weighted by atomic mass is 16.6. The van der Waals surface area contributed by atoms with E-state index in [1.165, 1.54) is 19.2 Å². The zero-order chi connectivity index (χ0) is 24.5. The number of ether oxygens (including phenoxy) is 3. The van der Waals surface area contributed by atoms with Crippen molar-refractivity contribution < 1.29 is 19.1 Å². The van der Waals surface area contributed by atoms with Crippen molar-refractivity contribution >= 4 is 17.7 Å². The van der Waals surface area contributed by atoms with E-state index in [4.69, 9.17) is 14.2 Å². The summed E-state index contributed by atoms with van der Waals surface area (Å²) in [5.74, 6) is 1.36. The molecule has 0 aliphatic rings. The Hall–Kier alpha value is -4.49. The molecule has 1 aromatic heterocycles. The van der Waals surface area contributed by atoms with E-state index in [2.05, 4.69) is 21.6 Å². The van der Waals surface area contributed by atoms with Crippen molar-refractivity contribution in [1.82, 2.24) is 4.98 Å². The molecule has 1 heterocycles. The maximum atomic E-state index is 10.8. The predicted molar refractivity (Wildman–Crippen MR) is 126 cm³/mol. The minimum atomic E-state index is -0.447. The molecule has 2 aromatic carbocycles. The van der Waals surface area contributed by atoms with Crippen LogP contribution in [0.3, 0.4) is 0 Å². The van der Waals surface area contributed by atoms with Crippen LogP contribution >= 0.6 is 0 Å². The number of nitrogens with zero attached hydrogens (tertiary/aromatic N) is 4. The first-order chi connectivity index (χ1) is 16.4. The molecule has 0 fully saturated rings. The summed E-state index contributed by atoms with van der Waals surface area (Å²) in [7, 11) is 3.09. The third kappa shape index (κ3) is 6.05. The van der Waals surface area contributed by atoms with Gasteiger partial charge in [-0.25, -0.2) is 4.98 Å². The van der Waals surface area contributed by atoms with Crippen LogP contribution in [0.4, 0.5) is 11.5 Å². The molecule has 34 heavy (non-hydrogen) atoms. The molecule has 0 aliphatic carbocycles. The molecule has 0 aliphatic heterocycles. The second-order valence-electron chi connectivity index (χ2n) is 7.18. The SMILES string of the molecule is COCc1cc(C)nc(N/N=C/c2ccc(OCc3ccc([N+](=O)[O-])cc3)c(OC)c2)c1C#N. The summed E-state index contributed by atoms with van der Waals surface area (Å²) >= 11 is 0. The molecule has 0 saturated carbocycles. The average Bonchev–Trinajstić information content (AvgIpc) is 2.83. The molecule has 0 unspecified atom stereocenters. The van der Waals surface area contributed by atoms with Crippen LogP contribution in [0.15, 0.2) is 53.6 Å². The van der Waals surface area contributed by atoms with Crippen molar-refractivity contribution in [3.05, 3.63) is 86.6 Å². The number of nitro benzene ring substituents is 1. The lowest BCUT2D eigenvalue weighted by Gasteiger charge is -2.11. The quantitative estimate of drug-likeness (QED) is 0.268. The molecule has 0 bridgehead atoms. The fourth-order valence-corrected chi connectivity index (χ4v) is 3.14. The molecule has 1 N–H and O–H groups in total. The molecule has 0 amide bonds. The Balaban J connectivity index is 1.70. The first kappa shape index (κ1) is 24.2. The fourth-order valence-electron chi connectivity index (χ4n) is 3.14. The van der Waals surface area contributed by atoms with Gasteiger partial charge >= 0.3 is 0 Å². The Morgan fingerprint density at radius 3 is 2.56 bits per heavy atom. The molecule has 0 saturated heterocycles. The van der Waals surface area contributed by atoms with Crippen molar-refractivity contribution in [1.29, 1.82) is 5.26 Å². The van der Waals surface area contributed by atoms with Crippen molar-refractivity contribution in [3.63, 3.8) is 0 Å². The molecule has 0 spiro atoms. The van der Waals surface area contributed by atoms with Gasteiger partial charge in [0.05, 0.1) is 24.9 Å². The molecule has 0 radical (unpaired) electrons. The maximum Gasteiger partial charge on any atom is 0.269 e. The number of methoxy groups -OCH3 is 2. The van der Waals surface area contributed by atoms with E-state index in [-0.39, 0.29) is 12.3 Å². The highest BCUT2D eigenvalue weighted by Crippen LogP contribution is 2.28. The second-order valence-corrected chi connectivity index (χ2v) is 7.18. The standard InChI is InChI=1S/C24H23N5O5/c1-16-10-19(15-32-2)21(12-25)24(27-16)28-26-13-18-6-9-22(23(11-18)33-3)34-14-17-4-7-20(8-5-17)29(30)31/h4-11,13H,14-15H2,1-3H3,(H,27,28)/b26-13+. The van der Waals surface area contributed by atoms with E-state index in [0.29, 0.717) is 29.5 Å². The highest BCUT2D eigenvalue weighted by Gasteiger charge is 2.11. The number of pyridine rings is 1. The Morgan fingerprint density at radius 2 is 1.91 bits per heavy atom. The third-order valence-electron chi connectivity index (χ3n) is 4.75. The first-order valence-electron chi connectivity index (χ1n) is 10.2. The number of hydrogen-bond donors (Lipinski definition) is 1. The minimum Gasteiger partial charge on any atom is -0.493 e. The van der Waals surface area contributed by atoms with Gasteiger partial charge in [0.25, 0.3) is 5.69 Å². The normalized spacial score (nSPS) is 10.6. The zero-order valence-corrected chi connectivity index (χ0v) is 18.9. The minimum absolute atomic E-state index is 0.0243. The van der Waals surface area contributed by atoms with Crippen LogP contribution < -0.4 is 14.9 Å². The monoisotopic (exact) mass is 461 g/mol. The summed E-state index contributed by atoms with van der Waals surface area (Å²) in [5, 5.41) is 24.5. The van der Waals surface area contributed by atoms with Crippen LogP contribution in [0.25, 0.3) is 0 Å². The number of nitrogens with one attached hydrogen (secondary N) is 1. The zero-order valence-electron chi connectivity index (χ0n) is 18.9. The number of aryl methyl sites for hydroxylation is 1. The van der Waals surface area contributed by atoms with Crippen LogP contribution in [0, 0.1) is 28.4 Å². The number of aromatic nitrogens is 1. The Bertz CT molecular complexity index is 1240. The van der Waals surface area contributed by atoms with Crippen molar-refractivity contribution in [2.24, 2.45) is 5.10 Å². The van der Waals surface area contributed by atoms with Gasteiger partial charge in [0.1, 0.15) is 18.2 Å². The van der Waals surface area contributed by atoms with E-state index in [0.717, 1.165) is 22.4 Å². The number of anilines is 1. The number of benzene rings is 2. The molecular weight excluding hydrogens is 438 g/mol. The van der Waals surface area contributed by atoms with Crippen molar-refractivity contribution in [3.8, 4) is 17.6 Å². The summed E-state index contributed by atoms with van der Waals surface area (Å²) in [6.45, 7) is 2.35. The van der Waals surface area contributed by atoms with Gasteiger partial charge in [-0.3, -0.25) is 15.5 Å². The van der Waals surface area contributed by atoms with E-state index < -0.39 is 4.92 Å². The summed E-state index contributed by atoms with van der Waals surface area (Å²) in [6.07, 6.45) is 1.57. The molecule has 3 aromatic rings. The average molecular weight is 461 g/mol. The number of hydrogen-bond acceptors (Lipinski definition) is 9. The van der Waals surface area contributed by atoms with Gasteiger partial charge < -0.3 is 14.2 Å². The number of non-ortho nitro benzene ring substituents is 1. The van der Waals surface area contributed by atoms with E-state index in [1.54, 1.807) is 49.7 Å². The van der Waals surface area contributed by atoms with Crippen molar-refractivity contribution in [2.75, 3.05) is 19.6 Å². The highest BCUT2D eigenvalue weighted by molar-refractivity contribution is 5.81.